The molecule has 2 atom stereocenters. The molecular formula is C25H24Cl2FN7O6S. The minimum Gasteiger partial charge on any atom is -0.504 e. The summed E-state index contributed by atoms with van der Waals surface area (Å²) < 4.78 is 42.7. The minimum absolute atomic E-state index is 0.0715. The topological polar surface area (TPSA) is 196 Å². The van der Waals surface area contributed by atoms with Gasteiger partial charge in [-0.2, -0.15) is 5.26 Å². The van der Waals surface area contributed by atoms with Gasteiger partial charge in [0.1, 0.15) is 15.7 Å². The summed E-state index contributed by atoms with van der Waals surface area (Å²) in [5.74, 6) is -5.46. The molecule has 4 rings (SSSR count). The number of carbonyl (C=O) groups is 3. The van der Waals surface area contributed by atoms with Crippen molar-refractivity contribution in [3.63, 3.8) is 0 Å². The Hall–Kier alpha value is -4.13. The zero-order chi connectivity index (χ0) is 30.8. The summed E-state index contributed by atoms with van der Waals surface area (Å²) in [5, 5.41) is 35.6. The summed E-state index contributed by atoms with van der Waals surface area (Å²) in [6, 6.07) is 4.64. The van der Waals surface area contributed by atoms with E-state index in [2.05, 4.69) is 16.0 Å². The normalized spacial score (nSPS) is 18.7. The number of carbonyl (C=O) groups excluding carboxylic acids is 3. The Labute approximate surface area is 249 Å². The summed E-state index contributed by atoms with van der Waals surface area (Å²) in [7, 11) is -4.97. The van der Waals surface area contributed by atoms with Crippen molar-refractivity contribution in [3.05, 3.63) is 46.2 Å². The average Bonchev–Trinajstić information content (AvgIpc) is 2.93. The lowest BCUT2D eigenvalue weighted by molar-refractivity contribution is -0.138. The number of halogens is 3. The van der Waals surface area contributed by atoms with Crippen molar-refractivity contribution >= 4 is 68.3 Å². The molecule has 0 aliphatic carbocycles. The van der Waals surface area contributed by atoms with Crippen molar-refractivity contribution in [1.29, 1.82) is 10.7 Å². The number of amides is 3. The molecule has 0 radical (unpaired) electrons. The fraction of sp³-hybridized carbons (Fsp3) is 0.320. The molecule has 2 aliphatic heterocycles. The van der Waals surface area contributed by atoms with Crippen molar-refractivity contribution in [2.75, 3.05) is 23.3 Å². The highest BCUT2D eigenvalue weighted by Crippen LogP contribution is 2.41. The summed E-state index contributed by atoms with van der Waals surface area (Å²) >= 11 is 12.2. The second-order valence-corrected chi connectivity index (χ2v) is 12.0. The van der Waals surface area contributed by atoms with Gasteiger partial charge in [0.15, 0.2) is 11.9 Å². The van der Waals surface area contributed by atoms with E-state index in [9.17, 15) is 37.6 Å². The molecule has 2 aromatic rings. The Balaban J connectivity index is 1.74. The SMILES string of the molecule is N#CN(C(=N)Nc1ccc(Cl)c(S(=O)(=O)N(C(=O)C2CCNC(=O)C2)C2CCNC(=O)C2)c1O)c1cccc(F)c1Cl. The van der Waals surface area contributed by atoms with Crippen LogP contribution in [-0.2, 0) is 24.4 Å². The Morgan fingerprint density at radius 2 is 1.79 bits per heavy atom. The summed E-state index contributed by atoms with van der Waals surface area (Å²) in [4.78, 5) is 37.5. The molecule has 2 fully saturated rings. The van der Waals surface area contributed by atoms with Crippen LogP contribution in [-0.4, -0.2) is 60.6 Å². The van der Waals surface area contributed by atoms with Crippen LogP contribution in [0.1, 0.15) is 25.7 Å². The number of nitrogens with one attached hydrogen (secondary N) is 4. The number of guanidine groups is 1. The molecule has 3 amide bonds. The molecule has 42 heavy (non-hydrogen) atoms. The van der Waals surface area contributed by atoms with Crippen LogP contribution in [0.5, 0.6) is 5.75 Å². The number of nitriles is 1. The average molecular weight is 640 g/mol. The van der Waals surface area contributed by atoms with Gasteiger partial charge in [0, 0.05) is 31.8 Å². The van der Waals surface area contributed by atoms with Crippen LogP contribution < -0.4 is 20.9 Å². The van der Waals surface area contributed by atoms with Crippen molar-refractivity contribution in [1.82, 2.24) is 14.9 Å². The van der Waals surface area contributed by atoms with E-state index in [1.54, 1.807) is 6.19 Å². The number of benzene rings is 2. The van der Waals surface area contributed by atoms with E-state index >= 15 is 0 Å². The highest BCUT2D eigenvalue weighted by Gasteiger charge is 2.44. The third kappa shape index (κ3) is 6.06. The molecule has 0 saturated carbocycles. The molecule has 13 nitrogen and oxygen atoms in total. The number of piperidine rings is 2. The lowest BCUT2D eigenvalue weighted by Gasteiger charge is -2.36. The Morgan fingerprint density at radius 3 is 2.43 bits per heavy atom. The second kappa shape index (κ2) is 12.4. The molecule has 2 aliphatic rings. The van der Waals surface area contributed by atoms with Crippen molar-refractivity contribution in [2.45, 2.75) is 36.6 Å². The molecule has 2 heterocycles. The summed E-state index contributed by atoms with van der Waals surface area (Å²) in [5.41, 5.74) is -0.608. The predicted molar refractivity (Wildman–Crippen MR) is 150 cm³/mol. The van der Waals surface area contributed by atoms with Crippen molar-refractivity contribution in [2.24, 2.45) is 5.92 Å². The number of aromatic hydroxyl groups is 1. The van der Waals surface area contributed by atoms with E-state index in [0.29, 0.717) is 9.21 Å². The number of sulfonamides is 1. The van der Waals surface area contributed by atoms with Crippen LogP contribution in [0, 0.1) is 28.6 Å². The van der Waals surface area contributed by atoms with E-state index in [0.717, 1.165) is 18.2 Å². The monoisotopic (exact) mass is 639 g/mol. The smallest absolute Gasteiger partial charge is 0.272 e. The number of hydrogen-bond donors (Lipinski definition) is 5. The van der Waals surface area contributed by atoms with Crippen LogP contribution in [0.2, 0.25) is 10.0 Å². The van der Waals surface area contributed by atoms with E-state index < -0.39 is 77.9 Å². The predicted octanol–water partition coefficient (Wildman–Crippen LogP) is 2.49. The zero-order valence-electron chi connectivity index (χ0n) is 21.7. The third-order valence-electron chi connectivity index (χ3n) is 6.71. The number of nitrogens with zero attached hydrogens (tertiary/aromatic N) is 3. The second-order valence-electron chi connectivity index (χ2n) is 9.43. The lowest BCUT2D eigenvalue weighted by atomic mass is 9.95. The Kier molecular flexibility index (Phi) is 9.09. The molecule has 222 valence electrons. The van der Waals surface area contributed by atoms with Gasteiger partial charge in [0.25, 0.3) is 10.0 Å². The third-order valence-corrected chi connectivity index (χ3v) is 9.44. The van der Waals surface area contributed by atoms with Crippen molar-refractivity contribution in [3.8, 4) is 11.9 Å². The van der Waals surface area contributed by atoms with Gasteiger partial charge in [0.05, 0.1) is 22.4 Å². The molecule has 5 N–H and O–H groups in total. The van der Waals surface area contributed by atoms with E-state index in [-0.39, 0.29) is 44.5 Å². The maximum atomic E-state index is 14.1. The fourth-order valence-electron chi connectivity index (χ4n) is 4.70. The maximum Gasteiger partial charge on any atom is 0.272 e. The van der Waals surface area contributed by atoms with Crippen molar-refractivity contribution < 1.29 is 32.3 Å². The molecule has 2 unspecified atom stereocenters. The summed E-state index contributed by atoms with van der Waals surface area (Å²) in [6.45, 7) is 0.228. The van der Waals surface area contributed by atoms with E-state index in [1.807, 2.05) is 0 Å². The van der Waals surface area contributed by atoms with Gasteiger partial charge in [0.2, 0.25) is 23.7 Å². The lowest BCUT2D eigenvalue weighted by Crippen LogP contribution is -2.53. The number of rotatable bonds is 6. The first kappa shape index (κ1) is 30.8. The number of phenolic OH excluding ortho intramolecular Hbond substituents is 1. The molecule has 0 bridgehead atoms. The van der Waals surface area contributed by atoms with E-state index in [4.69, 9.17) is 28.6 Å². The van der Waals surface area contributed by atoms with Crippen LogP contribution in [0.25, 0.3) is 0 Å². The van der Waals surface area contributed by atoms with Gasteiger partial charge in [-0.3, -0.25) is 19.8 Å². The van der Waals surface area contributed by atoms with Crippen LogP contribution in [0.4, 0.5) is 15.8 Å². The quantitative estimate of drug-likeness (QED) is 0.104. The zero-order valence-corrected chi connectivity index (χ0v) is 24.0. The largest absolute Gasteiger partial charge is 0.504 e. The van der Waals surface area contributed by atoms with Crippen LogP contribution in [0.15, 0.2) is 35.2 Å². The van der Waals surface area contributed by atoms with Crippen LogP contribution >= 0.6 is 23.2 Å². The first-order valence-electron chi connectivity index (χ1n) is 12.5. The van der Waals surface area contributed by atoms with Gasteiger partial charge in [-0.1, -0.05) is 29.3 Å². The first-order valence-corrected chi connectivity index (χ1v) is 14.7. The van der Waals surface area contributed by atoms with Gasteiger partial charge in [-0.25, -0.2) is 22.0 Å². The van der Waals surface area contributed by atoms with Crippen LogP contribution in [0.3, 0.4) is 0 Å². The summed E-state index contributed by atoms with van der Waals surface area (Å²) in [6.07, 6.45) is 1.25. The van der Waals surface area contributed by atoms with Gasteiger partial charge in [-0.15, -0.1) is 0 Å². The fourth-order valence-corrected chi connectivity index (χ4v) is 7.18. The number of anilines is 2. The molecule has 2 saturated heterocycles. The Bertz CT molecular complexity index is 1620. The van der Waals surface area contributed by atoms with Gasteiger partial charge in [-0.05, 0) is 37.1 Å². The molecule has 0 spiro atoms. The number of hydrogen-bond acceptors (Lipinski definition) is 8. The standard InChI is InChI=1S/C25H24Cl2FN7O6S/c26-15-4-5-17(33-25(30)34(12-29)18-3-1-2-16(28)21(18)27)22(38)23(15)42(40,41)35(14-7-9-32-20(37)11-14)24(39)13-6-8-31-19(36)10-13/h1-5,13-14,38H,6-11H2,(H2,30,33)(H,31,36)(H,32,37). The van der Waals surface area contributed by atoms with E-state index in [1.165, 1.54) is 12.1 Å². The molecule has 17 heteroatoms. The maximum absolute atomic E-state index is 14.1. The molecule has 2 aromatic carbocycles. The van der Waals surface area contributed by atoms with Gasteiger partial charge < -0.3 is 21.1 Å². The highest BCUT2D eigenvalue weighted by molar-refractivity contribution is 7.90. The number of phenols is 1. The minimum atomic E-state index is -4.97. The van der Waals surface area contributed by atoms with Gasteiger partial charge >= 0.3 is 0 Å². The molecule has 0 aromatic heterocycles. The highest BCUT2D eigenvalue weighted by atomic mass is 35.5. The molecular weight excluding hydrogens is 616 g/mol. The first-order chi connectivity index (χ1) is 19.9. The Morgan fingerprint density at radius 1 is 1.12 bits per heavy atom.